The van der Waals surface area contributed by atoms with Crippen molar-refractivity contribution in [2.24, 2.45) is 0 Å². The molecule has 1 aromatic rings. The number of ether oxygens (including phenoxy) is 2. The van der Waals surface area contributed by atoms with E-state index in [9.17, 15) is 19.1 Å². The van der Waals surface area contributed by atoms with Gasteiger partial charge < -0.3 is 19.9 Å². The summed E-state index contributed by atoms with van der Waals surface area (Å²) in [6.07, 6.45) is 0.0174. The van der Waals surface area contributed by atoms with E-state index >= 15 is 0 Å². The van der Waals surface area contributed by atoms with Gasteiger partial charge in [0.1, 0.15) is 11.9 Å². The molecule has 8 nitrogen and oxygen atoms in total. The van der Waals surface area contributed by atoms with Gasteiger partial charge in [-0.1, -0.05) is 6.08 Å². The molecule has 2 heterocycles. The highest BCUT2D eigenvalue weighted by molar-refractivity contribution is 5.80. The quantitative estimate of drug-likeness (QED) is 0.683. The van der Waals surface area contributed by atoms with E-state index in [0.29, 0.717) is 0 Å². The van der Waals surface area contributed by atoms with Crippen LogP contribution in [0.1, 0.15) is 52.5 Å². The Morgan fingerprint density at radius 3 is 2.47 bits per heavy atom. The Morgan fingerprint density at radius 1 is 1.19 bits per heavy atom. The molecule has 1 saturated heterocycles. The average Bonchev–Trinajstić information content (AvgIpc) is 3.28. The summed E-state index contributed by atoms with van der Waals surface area (Å²) in [6.45, 7) is 8.53. The molecule has 2 aliphatic heterocycles. The van der Waals surface area contributed by atoms with Gasteiger partial charge in [0, 0.05) is 18.2 Å². The van der Waals surface area contributed by atoms with Gasteiger partial charge in [-0.15, -0.1) is 0 Å². The molecule has 1 aliphatic carbocycles. The zero-order valence-electron chi connectivity index (χ0n) is 19.0. The number of hydrogen-bond donors (Lipinski definition) is 2. The molecule has 174 valence electrons. The fourth-order valence-corrected chi connectivity index (χ4v) is 5.08. The molecular formula is C23H30FN3O5. The molecule has 0 saturated carbocycles. The van der Waals surface area contributed by atoms with Crippen LogP contribution < -0.4 is 5.32 Å². The van der Waals surface area contributed by atoms with E-state index in [0.717, 1.165) is 16.8 Å². The Labute approximate surface area is 186 Å². The first-order valence-corrected chi connectivity index (χ1v) is 11.0. The number of carbonyl (C=O) groups is 2. The number of nitrogens with one attached hydrogen (secondary N) is 1. The molecule has 2 N–H and O–H groups in total. The Balaban J connectivity index is 1.83. The second kappa shape index (κ2) is 7.95. The molecule has 1 fully saturated rings. The van der Waals surface area contributed by atoms with Crippen LogP contribution in [0.25, 0.3) is 0 Å². The standard InChI is InChI=1S/C23H30FN3O5/c1-12(2)31-21(29)26-20-17(23(5,8-9-28)27(26)22(30)32-13(3)4)11-16-15-10-14(24)6-7-18(15)25-19(16)20/h6-7,10-13,16,19-20,25,28H,8-9H2,1-5H3/t16-,19+,20+,23+/m0/s1. The molecule has 9 heteroatoms. The van der Waals surface area contributed by atoms with Crippen LogP contribution in [0.4, 0.5) is 19.7 Å². The number of hydrogen-bond acceptors (Lipinski definition) is 6. The largest absolute Gasteiger partial charge is 0.445 e. The van der Waals surface area contributed by atoms with E-state index in [2.05, 4.69) is 5.32 Å². The number of fused-ring (bicyclic) bond motifs is 5. The van der Waals surface area contributed by atoms with Crippen LogP contribution in [0, 0.1) is 5.82 Å². The molecule has 2 amide bonds. The average molecular weight is 448 g/mol. The lowest BCUT2D eigenvalue weighted by Gasteiger charge is -2.39. The first-order valence-electron chi connectivity index (χ1n) is 11.0. The van der Waals surface area contributed by atoms with Crippen LogP contribution in [0.15, 0.2) is 29.8 Å². The third kappa shape index (κ3) is 3.39. The van der Waals surface area contributed by atoms with Crippen LogP contribution in [-0.2, 0) is 9.47 Å². The Hall–Kier alpha value is -2.81. The molecular weight excluding hydrogens is 417 g/mol. The first-order chi connectivity index (χ1) is 15.1. The molecule has 3 aliphatic rings. The van der Waals surface area contributed by atoms with Gasteiger partial charge in [0.2, 0.25) is 0 Å². The summed E-state index contributed by atoms with van der Waals surface area (Å²) in [6, 6.07) is 3.70. The van der Waals surface area contributed by atoms with Crippen molar-refractivity contribution in [3.63, 3.8) is 0 Å². The van der Waals surface area contributed by atoms with Gasteiger partial charge >= 0.3 is 12.2 Å². The highest BCUT2D eigenvalue weighted by Gasteiger charge is 2.63. The van der Waals surface area contributed by atoms with Crippen molar-refractivity contribution in [2.75, 3.05) is 11.9 Å². The maximum absolute atomic E-state index is 14.0. The summed E-state index contributed by atoms with van der Waals surface area (Å²) in [5.41, 5.74) is 1.38. The summed E-state index contributed by atoms with van der Waals surface area (Å²) >= 11 is 0. The van der Waals surface area contributed by atoms with Crippen LogP contribution >= 0.6 is 0 Å². The number of aliphatic hydroxyl groups excluding tert-OH is 1. The minimum Gasteiger partial charge on any atom is -0.445 e. The van der Waals surface area contributed by atoms with Gasteiger partial charge in [-0.2, -0.15) is 0 Å². The predicted molar refractivity (Wildman–Crippen MR) is 115 cm³/mol. The van der Waals surface area contributed by atoms with Crippen molar-refractivity contribution < 1.29 is 28.6 Å². The highest BCUT2D eigenvalue weighted by atomic mass is 19.1. The van der Waals surface area contributed by atoms with Crippen molar-refractivity contribution in [3.8, 4) is 0 Å². The van der Waals surface area contributed by atoms with Gasteiger partial charge in [0.25, 0.3) is 0 Å². The third-order valence-electron chi connectivity index (χ3n) is 6.30. The number of halogens is 1. The normalized spacial score (nSPS) is 27.8. The van der Waals surface area contributed by atoms with Crippen molar-refractivity contribution in [1.29, 1.82) is 0 Å². The van der Waals surface area contributed by atoms with Gasteiger partial charge in [0.15, 0.2) is 0 Å². The lowest BCUT2D eigenvalue weighted by molar-refractivity contribution is -0.0606. The van der Waals surface area contributed by atoms with Gasteiger partial charge in [0.05, 0.1) is 23.8 Å². The van der Waals surface area contributed by atoms with E-state index in [-0.39, 0.29) is 30.8 Å². The number of anilines is 1. The van der Waals surface area contributed by atoms with Gasteiger partial charge in [-0.05, 0) is 70.4 Å². The van der Waals surface area contributed by atoms with E-state index < -0.39 is 36.0 Å². The number of aliphatic hydroxyl groups is 1. The Morgan fingerprint density at radius 2 is 1.84 bits per heavy atom. The van der Waals surface area contributed by atoms with Crippen molar-refractivity contribution in [2.45, 2.75) is 76.8 Å². The van der Waals surface area contributed by atoms with E-state index in [4.69, 9.17) is 9.47 Å². The zero-order valence-corrected chi connectivity index (χ0v) is 19.0. The fraction of sp³-hybridized carbons (Fsp3) is 0.565. The second-order valence-electron chi connectivity index (χ2n) is 9.26. The summed E-state index contributed by atoms with van der Waals surface area (Å²) in [4.78, 5) is 26.5. The minimum atomic E-state index is -1.01. The fourth-order valence-electron chi connectivity index (χ4n) is 5.08. The van der Waals surface area contributed by atoms with Gasteiger partial charge in [-0.25, -0.2) is 24.0 Å². The van der Waals surface area contributed by atoms with E-state index in [1.807, 2.05) is 6.08 Å². The Bertz CT molecular complexity index is 965. The smallest absolute Gasteiger partial charge is 0.430 e. The van der Waals surface area contributed by atoms with Crippen LogP contribution in [0.5, 0.6) is 0 Å². The second-order valence-corrected chi connectivity index (χ2v) is 9.26. The summed E-state index contributed by atoms with van der Waals surface area (Å²) < 4.78 is 25.0. The lowest BCUT2D eigenvalue weighted by Crippen LogP contribution is -2.58. The minimum absolute atomic E-state index is 0.184. The molecule has 1 aromatic carbocycles. The molecule has 0 radical (unpaired) electrons. The number of rotatable bonds is 4. The topological polar surface area (TPSA) is 91.3 Å². The number of nitrogens with zero attached hydrogens (tertiary/aromatic N) is 2. The van der Waals surface area contributed by atoms with Crippen LogP contribution in [0.2, 0.25) is 0 Å². The maximum atomic E-state index is 14.0. The lowest BCUT2D eigenvalue weighted by atomic mass is 9.87. The van der Waals surface area contributed by atoms with Crippen LogP contribution in [-0.4, -0.2) is 63.7 Å². The first kappa shape index (κ1) is 22.4. The SMILES string of the molecule is CC(C)OC(=O)N1[C@@H]2C(=C[C@H]3c4cc(F)ccc4N[C@@H]23)[C@@](C)(CCO)N1C(=O)OC(C)C. The summed E-state index contributed by atoms with van der Waals surface area (Å²) in [5, 5.41) is 15.9. The molecule has 0 aromatic heterocycles. The van der Waals surface area contributed by atoms with E-state index in [1.54, 1.807) is 40.7 Å². The molecule has 4 atom stereocenters. The number of carbonyl (C=O) groups excluding carboxylic acids is 2. The molecule has 32 heavy (non-hydrogen) atoms. The number of hydrazine groups is 1. The number of benzene rings is 1. The molecule has 0 bridgehead atoms. The maximum Gasteiger partial charge on any atom is 0.430 e. The van der Waals surface area contributed by atoms with Gasteiger partial charge in [-0.3, -0.25) is 0 Å². The summed E-state index contributed by atoms with van der Waals surface area (Å²) in [5.74, 6) is -0.519. The molecule has 4 rings (SSSR count). The van der Waals surface area contributed by atoms with Crippen molar-refractivity contribution >= 4 is 17.9 Å². The monoisotopic (exact) mass is 447 g/mol. The predicted octanol–water partition coefficient (Wildman–Crippen LogP) is 3.78. The number of amides is 2. The third-order valence-corrected chi connectivity index (χ3v) is 6.30. The van der Waals surface area contributed by atoms with Crippen LogP contribution in [0.3, 0.4) is 0 Å². The van der Waals surface area contributed by atoms with E-state index in [1.165, 1.54) is 22.2 Å². The molecule has 0 unspecified atom stereocenters. The summed E-state index contributed by atoms with van der Waals surface area (Å²) in [7, 11) is 0. The van der Waals surface area contributed by atoms with Crippen molar-refractivity contribution in [3.05, 3.63) is 41.2 Å². The highest BCUT2D eigenvalue weighted by Crippen LogP contribution is 2.54. The zero-order chi connectivity index (χ0) is 23.4. The Kier molecular flexibility index (Phi) is 5.56. The molecule has 0 spiro atoms. The van der Waals surface area contributed by atoms with Crippen molar-refractivity contribution in [1.82, 2.24) is 10.0 Å².